The Morgan fingerprint density at radius 1 is 1.50 bits per heavy atom. The lowest BCUT2D eigenvalue weighted by Crippen LogP contribution is -2.12. The van der Waals surface area contributed by atoms with Crippen LogP contribution >= 0.6 is 0 Å². The highest BCUT2D eigenvalue weighted by molar-refractivity contribution is 5.12. The summed E-state index contributed by atoms with van der Waals surface area (Å²) in [5.74, 6) is 0.942. The van der Waals surface area contributed by atoms with Gasteiger partial charge in [-0.3, -0.25) is 0 Å². The monoisotopic (exact) mass is 112 g/mol. The molecule has 8 heavy (non-hydrogen) atoms. The van der Waals surface area contributed by atoms with Crippen LogP contribution in [0.5, 0.6) is 0 Å². The number of epoxide rings is 1. The van der Waals surface area contributed by atoms with Gasteiger partial charge in [-0.05, 0) is 0 Å². The van der Waals surface area contributed by atoms with Crippen LogP contribution in [-0.4, -0.2) is 6.10 Å². The van der Waals surface area contributed by atoms with Crippen LogP contribution in [0.15, 0.2) is 12.3 Å². The fourth-order valence-electron chi connectivity index (χ4n) is 0.777. The van der Waals surface area contributed by atoms with Crippen LogP contribution in [0.3, 0.4) is 0 Å². The van der Waals surface area contributed by atoms with Gasteiger partial charge < -0.3 is 4.74 Å². The predicted octanol–water partition coefficient (Wildman–Crippen LogP) is 1.95. The molecule has 1 rings (SSSR count). The van der Waals surface area contributed by atoms with Crippen molar-refractivity contribution in [3.8, 4) is 0 Å². The SMILES string of the molecule is C=C1OC1C(C)(C)C. The average Bonchev–Trinajstić information content (AvgIpc) is 2.13. The molecule has 0 saturated carbocycles. The summed E-state index contributed by atoms with van der Waals surface area (Å²) in [6.45, 7) is 10.1. The number of rotatable bonds is 0. The van der Waals surface area contributed by atoms with Crippen molar-refractivity contribution in [2.75, 3.05) is 0 Å². The molecule has 0 aliphatic carbocycles. The normalized spacial score (nSPS) is 27.4. The Hall–Kier alpha value is -0.460. The zero-order chi connectivity index (χ0) is 6.36. The Balaban J connectivity index is 2.51. The first-order valence-electron chi connectivity index (χ1n) is 2.87. The van der Waals surface area contributed by atoms with E-state index < -0.39 is 0 Å². The minimum absolute atomic E-state index is 0.261. The zero-order valence-corrected chi connectivity index (χ0v) is 5.69. The Morgan fingerprint density at radius 2 is 1.88 bits per heavy atom. The van der Waals surface area contributed by atoms with E-state index in [2.05, 4.69) is 27.4 Å². The van der Waals surface area contributed by atoms with Crippen LogP contribution in [0.2, 0.25) is 0 Å². The highest BCUT2D eigenvalue weighted by Crippen LogP contribution is 2.39. The summed E-state index contributed by atoms with van der Waals surface area (Å²) in [4.78, 5) is 0. The van der Waals surface area contributed by atoms with Crippen molar-refractivity contribution >= 4 is 0 Å². The molecule has 0 aromatic rings. The molecule has 1 heteroatoms. The van der Waals surface area contributed by atoms with Crippen LogP contribution in [0.1, 0.15) is 20.8 Å². The van der Waals surface area contributed by atoms with Crippen molar-refractivity contribution in [3.05, 3.63) is 12.3 Å². The summed E-state index contributed by atoms with van der Waals surface area (Å²) in [5.41, 5.74) is 0.261. The molecule has 1 fully saturated rings. The molecule has 46 valence electrons. The lowest BCUT2D eigenvalue weighted by Gasteiger charge is -2.10. The number of ether oxygens (including phenoxy) is 1. The molecular weight excluding hydrogens is 100 g/mol. The van der Waals surface area contributed by atoms with Gasteiger partial charge in [0, 0.05) is 5.41 Å². The third-order valence-corrected chi connectivity index (χ3v) is 1.29. The van der Waals surface area contributed by atoms with Gasteiger partial charge in [0.15, 0.2) is 6.10 Å². The van der Waals surface area contributed by atoms with Gasteiger partial charge in [-0.25, -0.2) is 0 Å². The average molecular weight is 112 g/mol. The summed E-state index contributed by atoms with van der Waals surface area (Å²) >= 11 is 0. The molecule has 1 unspecified atom stereocenters. The Labute approximate surface area is 50.3 Å². The van der Waals surface area contributed by atoms with Crippen LogP contribution in [0, 0.1) is 5.41 Å². The van der Waals surface area contributed by atoms with Gasteiger partial charge in [0.05, 0.1) is 0 Å². The minimum Gasteiger partial charge on any atom is -0.483 e. The lowest BCUT2D eigenvalue weighted by molar-refractivity contribution is 0.268. The van der Waals surface area contributed by atoms with Gasteiger partial charge in [0.25, 0.3) is 0 Å². The molecule has 1 atom stereocenters. The van der Waals surface area contributed by atoms with Crippen LogP contribution in [0.4, 0.5) is 0 Å². The van der Waals surface area contributed by atoms with Crippen molar-refractivity contribution in [1.82, 2.24) is 0 Å². The molecule has 0 spiro atoms. The standard InChI is InChI=1S/C7H12O/c1-5-6(8-5)7(2,3)4/h6H,1H2,2-4H3. The van der Waals surface area contributed by atoms with Gasteiger partial charge >= 0.3 is 0 Å². The number of hydrogen-bond acceptors (Lipinski definition) is 1. The maximum atomic E-state index is 5.09. The van der Waals surface area contributed by atoms with Gasteiger partial charge in [-0.15, -0.1) is 0 Å². The summed E-state index contributed by atoms with van der Waals surface area (Å²) in [6.07, 6.45) is 0.322. The van der Waals surface area contributed by atoms with Crippen molar-refractivity contribution in [2.24, 2.45) is 5.41 Å². The molecule has 1 aliphatic heterocycles. The topological polar surface area (TPSA) is 12.5 Å². The van der Waals surface area contributed by atoms with E-state index in [-0.39, 0.29) is 5.41 Å². The van der Waals surface area contributed by atoms with Crippen molar-refractivity contribution in [3.63, 3.8) is 0 Å². The Morgan fingerprint density at radius 3 is 1.88 bits per heavy atom. The number of hydrogen-bond donors (Lipinski definition) is 0. The van der Waals surface area contributed by atoms with Gasteiger partial charge in [-0.1, -0.05) is 27.4 Å². The predicted molar refractivity (Wildman–Crippen MR) is 33.5 cm³/mol. The van der Waals surface area contributed by atoms with E-state index in [0.29, 0.717) is 6.10 Å². The Kier molecular flexibility index (Phi) is 0.905. The van der Waals surface area contributed by atoms with Gasteiger partial charge in [0.2, 0.25) is 0 Å². The molecule has 0 bridgehead atoms. The van der Waals surface area contributed by atoms with E-state index in [4.69, 9.17) is 4.74 Å². The summed E-state index contributed by atoms with van der Waals surface area (Å²) in [5, 5.41) is 0. The van der Waals surface area contributed by atoms with Gasteiger partial charge in [-0.2, -0.15) is 0 Å². The first-order chi connectivity index (χ1) is 3.52. The van der Waals surface area contributed by atoms with Gasteiger partial charge in [0.1, 0.15) is 5.76 Å². The molecular formula is C7H12O. The van der Waals surface area contributed by atoms with Crippen molar-refractivity contribution in [2.45, 2.75) is 26.9 Å². The molecule has 0 radical (unpaired) electrons. The molecule has 1 aliphatic rings. The molecule has 0 aromatic carbocycles. The van der Waals surface area contributed by atoms with E-state index in [9.17, 15) is 0 Å². The van der Waals surface area contributed by atoms with Crippen molar-refractivity contribution in [1.29, 1.82) is 0 Å². The molecule has 0 amide bonds. The van der Waals surface area contributed by atoms with Crippen LogP contribution in [0.25, 0.3) is 0 Å². The molecule has 1 heterocycles. The second-order valence-corrected chi connectivity index (χ2v) is 3.33. The zero-order valence-electron chi connectivity index (χ0n) is 5.69. The van der Waals surface area contributed by atoms with E-state index in [0.717, 1.165) is 5.76 Å². The van der Waals surface area contributed by atoms with E-state index in [1.807, 2.05) is 0 Å². The quantitative estimate of drug-likeness (QED) is 0.436. The maximum absolute atomic E-state index is 5.09. The van der Waals surface area contributed by atoms with Crippen LogP contribution < -0.4 is 0 Å². The summed E-state index contributed by atoms with van der Waals surface area (Å²) in [6, 6.07) is 0. The smallest absolute Gasteiger partial charge is 0.159 e. The minimum atomic E-state index is 0.261. The maximum Gasteiger partial charge on any atom is 0.159 e. The van der Waals surface area contributed by atoms with E-state index in [1.54, 1.807) is 0 Å². The lowest BCUT2D eigenvalue weighted by atomic mass is 9.92. The van der Waals surface area contributed by atoms with Crippen LogP contribution in [-0.2, 0) is 4.74 Å². The second-order valence-electron chi connectivity index (χ2n) is 3.33. The second kappa shape index (κ2) is 1.28. The molecule has 0 aromatic heterocycles. The summed E-state index contributed by atoms with van der Waals surface area (Å²) in [7, 11) is 0. The first kappa shape index (κ1) is 5.67. The Bertz CT molecular complexity index is 119. The third-order valence-electron chi connectivity index (χ3n) is 1.29. The fourth-order valence-corrected chi connectivity index (χ4v) is 0.777. The van der Waals surface area contributed by atoms with E-state index in [1.165, 1.54) is 0 Å². The highest BCUT2D eigenvalue weighted by Gasteiger charge is 2.41. The largest absolute Gasteiger partial charge is 0.483 e. The third kappa shape index (κ3) is 0.857. The fraction of sp³-hybridized carbons (Fsp3) is 0.714. The molecule has 0 N–H and O–H groups in total. The highest BCUT2D eigenvalue weighted by atomic mass is 16.6. The molecule has 1 saturated heterocycles. The molecule has 1 nitrogen and oxygen atoms in total. The van der Waals surface area contributed by atoms with E-state index >= 15 is 0 Å². The summed E-state index contributed by atoms with van der Waals surface area (Å²) < 4.78 is 5.09. The van der Waals surface area contributed by atoms with Crippen molar-refractivity contribution < 1.29 is 4.74 Å². The first-order valence-corrected chi connectivity index (χ1v) is 2.87.